The zero-order chi connectivity index (χ0) is 19.2. The number of nitrogens with one attached hydrogen (secondary N) is 4. The molecule has 0 unspecified atom stereocenters. The molecule has 0 heterocycles. The second-order valence-corrected chi connectivity index (χ2v) is 8.60. The molecule has 0 radical (unpaired) electrons. The van der Waals surface area contributed by atoms with Crippen LogP contribution in [-0.4, -0.2) is 31.5 Å². The maximum absolute atomic E-state index is 12.5. The summed E-state index contributed by atoms with van der Waals surface area (Å²) in [5.74, 6) is -0.837. The summed E-state index contributed by atoms with van der Waals surface area (Å²) in [6.07, 6.45) is 0. The minimum Gasteiger partial charge on any atom is -0.359 e. The lowest BCUT2D eigenvalue weighted by molar-refractivity contribution is -0.124. The first-order chi connectivity index (χ1) is 11.5. The number of sulfonamides is 1. The number of thiocarbonyl (C=S) groups is 1. The summed E-state index contributed by atoms with van der Waals surface area (Å²) in [4.78, 5) is 12.3. The van der Waals surface area contributed by atoms with Crippen LogP contribution < -0.4 is 20.9 Å². The molecule has 0 bridgehead atoms. The van der Waals surface area contributed by atoms with Crippen LogP contribution in [0.15, 0.2) is 29.2 Å². The molecule has 1 amide bonds. The fourth-order valence-electron chi connectivity index (χ4n) is 1.86. The third-order valence-corrected chi connectivity index (χ3v) is 4.95. The number of hydrogen-bond acceptors (Lipinski definition) is 4. The van der Waals surface area contributed by atoms with Crippen LogP contribution >= 0.6 is 23.8 Å². The average Bonchev–Trinajstić information content (AvgIpc) is 2.49. The van der Waals surface area contributed by atoms with Gasteiger partial charge in [-0.3, -0.25) is 15.6 Å². The Balaban J connectivity index is 2.83. The van der Waals surface area contributed by atoms with E-state index in [4.69, 9.17) is 23.8 Å². The number of benzene rings is 1. The first kappa shape index (κ1) is 21.6. The van der Waals surface area contributed by atoms with Gasteiger partial charge in [0, 0.05) is 11.1 Å². The Labute approximate surface area is 158 Å². The van der Waals surface area contributed by atoms with Crippen LogP contribution in [-0.2, 0) is 14.8 Å². The van der Waals surface area contributed by atoms with E-state index in [1.165, 1.54) is 18.2 Å². The molecule has 0 saturated carbocycles. The van der Waals surface area contributed by atoms with E-state index in [1.807, 2.05) is 13.8 Å². The minimum atomic E-state index is -3.90. The zero-order valence-corrected chi connectivity index (χ0v) is 16.8. The van der Waals surface area contributed by atoms with Gasteiger partial charge in [-0.05, 0) is 50.2 Å². The first-order valence-corrected chi connectivity index (χ1v) is 9.94. The second kappa shape index (κ2) is 9.33. The van der Waals surface area contributed by atoms with Crippen molar-refractivity contribution < 1.29 is 13.2 Å². The van der Waals surface area contributed by atoms with Crippen molar-refractivity contribution in [2.45, 2.75) is 44.7 Å². The number of halogens is 1. The molecule has 1 atom stereocenters. The van der Waals surface area contributed by atoms with Gasteiger partial charge in [0.1, 0.15) is 6.04 Å². The summed E-state index contributed by atoms with van der Waals surface area (Å²) in [6.45, 7) is 7.25. The highest BCUT2D eigenvalue weighted by Crippen LogP contribution is 2.16. The number of hydrazine groups is 1. The van der Waals surface area contributed by atoms with Crippen molar-refractivity contribution >= 4 is 44.9 Å². The number of carbonyl (C=O) groups excluding carboxylic acids is 1. The summed E-state index contributed by atoms with van der Waals surface area (Å²) in [5.41, 5.74) is 4.96. The quantitative estimate of drug-likeness (QED) is 0.422. The Hall–Kier alpha value is -1.42. The van der Waals surface area contributed by atoms with Gasteiger partial charge in [0.2, 0.25) is 10.0 Å². The van der Waals surface area contributed by atoms with Gasteiger partial charge in [0.15, 0.2) is 5.11 Å². The maximum atomic E-state index is 12.5. The van der Waals surface area contributed by atoms with E-state index in [-0.39, 0.29) is 22.0 Å². The number of amides is 1. The van der Waals surface area contributed by atoms with E-state index in [9.17, 15) is 13.2 Å². The number of rotatable bonds is 6. The maximum Gasteiger partial charge on any atom is 0.256 e. The van der Waals surface area contributed by atoms with Crippen LogP contribution in [0, 0.1) is 5.92 Å². The van der Waals surface area contributed by atoms with Crippen LogP contribution in [0.5, 0.6) is 0 Å². The molecule has 4 N–H and O–H groups in total. The summed E-state index contributed by atoms with van der Waals surface area (Å²) in [7, 11) is -3.90. The Morgan fingerprint density at radius 2 is 1.80 bits per heavy atom. The van der Waals surface area contributed by atoms with Gasteiger partial charge >= 0.3 is 0 Å². The Bertz CT molecular complexity index is 723. The largest absolute Gasteiger partial charge is 0.359 e. The average molecular weight is 407 g/mol. The molecule has 0 aliphatic heterocycles. The Kier molecular flexibility index (Phi) is 8.07. The fourth-order valence-corrected chi connectivity index (χ4v) is 3.79. The van der Waals surface area contributed by atoms with Crippen molar-refractivity contribution in [3.63, 3.8) is 0 Å². The molecule has 0 aliphatic rings. The Morgan fingerprint density at radius 1 is 1.16 bits per heavy atom. The highest BCUT2D eigenvalue weighted by Gasteiger charge is 2.28. The molecule has 0 saturated heterocycles. The topological polar surface area (TPSA) is 99.3 Å². The molecular weight excluding hydrogens is 384 g/mol. The van der Waals surface area contributed by atoms with Crippen molar-refractivity contribution in [3.8, 4) is 0 Å². The van der Waals surface area contributed by atoms with Gasteiger partial charge in [-0.1, -0.05) is 31.5 Å². The standard InChI is InChI=1S/C15H23ClN4O3S2/c1-9(2)13(14(21)18-19-15(24)17-10(3)4)20-25(22,23)12-7-5-6-11(16)8-12/h5-10,13,20H,1-4H3,(H,18,21)(H2,17,19,24)/t13-/m0/s1. The van der Waals surface area contributed by atoms with Crippen LogP contribution in [0.2, 0.25) is 5.02 Å². The molecule has 1 rings (SSSR count). The molecule has 1 aromatic carbocycles. The summed E-state index contributed by atoms with van der Waals surface area (Å²) in [6, 6.07) is 4.93. The van der Waals surface area contributed by atoms with Crippen LogP contribution in [0.4, 0.5) is 0 Å². The zero-order valence-electron chi connectivity index (χ0n) is 14.5. The predicted molar refractivity (Wildman–Crippen MR) is 103 cm³/mol. The van der Waals surface area contributed by atoms with Gasteiger partial charge in [-0.2, -0.15) is 4.72 Å². The monoisotopic (exact) mass is 406 g/mol. The van der Waals surface area contributed by atoms with Gasteiger partial charge in [0.05, 0.1) is 4.90 Å². The summed E-state index contributed by atoms with van der Waals surface area (Å²) < 4.78 is 27.4. The fraction of sp³-hybridized carbons (Fsp3) is 0.467. The molecule has 0 spiro atoms. The molecule has 7 nitrogen and oxygen atoms in total. The van der Waals surface area contributed by atoms with Gasteiger partial charge in [-0.15, -0.1) is 0 Å². The lowest BCUT2D eigenvalue weighted by Crippen LogP contribution is -2.56. The molecular formula is C15H23ClN4O3S2. The molecule has 1 aromatic rings. The molecule has 140 valence electrons. The summed E-state index contributed by atoms with van der Waals surface area (Å²) >= 11 is 10.8. The third kappa shape index (κ3) is 7.15. The lowest BCUT2D eigenvalue weighted by atomic mass is 10.1. The summed E-state index contributed by atoms with van der Waals surface area (Å²) in [5, 5.41) is 3.43. The predicted octanol–water partition coefficient (Wildman–Crippen LogP) is 1.55. The molecule has 0 aromatic heterocycles. The SMILES string of the molecule is CC(C)NC(=S)NNC(=O)[C@@H](NS(=O)(=O)c1cccc(Cl)c1)C(C)C. The molecule has 10 heteroatoms. The Morgan fingerprint density at radius 3 is 2.32 bits per heavy atom. The van der Waals surface area contributed by atoms with E-state index < -0.39 is 22.0 Å². The molecule has 0 fully saturated rings. The van der Waals surface area contributed by atoms with Crippen molar-refractivity contribution in [1.82, 2.24) is 20.9 Å². The third-order valence-electron chi connectivity index (χ3n) is 3.06. The smallest absolute Gasteiger partial charge is 0.256 e. The van der Waals surface area contributed by atoms with Crippen LogP contribution in [0.25, 0.3) is 0 Å². The molecule has 25 heavy (non-hydrogen) atoms. The van der Waals surface area contributed by atoms with Gasteiger partial charge in [0.25, 0.3) is 5.91 Å². The van der Waals surface area contributed by atoms with Crippen molar-refractivity contribution in [2.24, 2.45) is 5.92 Å². The van der Waals surface area contributed by atoms with Crippen molar-refractivity contribution in [1.29, 1.82) is 0 Å². The van der Waals surface area contributed by atoms with E-state index in [2.05, 4.69) is 20.9 Å². The lowest BCUT2D eigenvalue weighted by Gasteiger charge is -2.22. The second-order valence-electron chi connectivity index (χ2n) is 6.04. The van der Waals surface area contributed by atoms with E-state index in [0.717, 1.165) is 0 Å². The van der Waals surface area contributed by atoms with Crippen LogP contribution in [0.1, 0.15) is 27.7 Å². The first-order valence-electron chi connectivity index (χ1n) is 7.67. The minimum absolute atomic E-state index is 0.0107. The van der Waals surface area contributed by atoms with Crippen molar-refractivity contribution in [3.05, 3.63) is 29.3 Å². The normalized spacial score (nSPS) is 12.8. The van der Waals surface area contributed by atoms with Gasteiger partial charge < -0.3 is 5.32 Å². The highest BCUT2D eigenvalue weighted by atomic mass is 35.5. The molecule has 0 aliphatic carbocycles. The number of hydrogen-bond donors (Lipinski definition) is 4. The van der Waals surface area contributed by atoms with E-state index in [1.54, 1.807) is 19.9 Å². The van der Waals surface area contributed by atoms with Crippen LogP contribution in [0.3, 0.4) is 0 Å². The number of carbonyl (C=O) groups is 1. The van der Waals surface area contributed by atoms with E-state index in [0.29, 0.717) is 5.02 Å². The van der Waals surface area contributed by atoms with Gasteiger partial charge in [-0.25, -0.2) is 8.42 Å². The van der Waals surface area contributed by atoms with E-state index >= 15 is 0 Å². The highest BCUT2D eigenvalue weighted by molar-refractivity contribution is 7.89. The van der Waals surface area contributed by atoms with Crippen molar-refractivity contribution in [2.75, 3.05) is 0 Å².